The molecule has 2 unspecified atom stereocenters. The van der Waals surface area contributed by atoms with Crippen molar-refractivity contribution in [3.63, 3.8) is 0 Å². The third kappa shape index (κ3) is 12.1. The van der Waals surface area contributed by atoms with Crippen LogP contribution in [0.3, 0.4) is 0 Å². The van der Waals surface area contributed by atoms with E-state index in [4.69, 9.17) is 9.47 Å². The molecular formula is C46H51N3O7. The number of benzene rings is 4. The quantitative estimate of drug-likeness (QED) is 0.0494. The first kappa shape index (κ1) is 41.3. The minimum atomic E-state index is -1.63. The van der Waals surface area contributed by atoms with Gasteiger partial charge in [-0.05, 0) is 79.8 Å². The molecular weight excluding hydrogens is 707 g/mol. The van der Waals surface area contributed by atoms with E-state index in [-0.39, 0.29) is 24.7 Å². The number of carboxylic acids is 1. The summed E-state index contributed by atoms with van der Waals surface area (Å²) >= 11 is 0. The summed E-state index contributed by atoms with van der Waals surface area (Å²) in [5.74, 6) is -1.31. The maximum atomic E-state index is 13.8. The zero-order valence-corrected chi connectivity index (χ0v) is 32.3. The van der Waals surface area contributed by atoms with Crippen LogP contribution in [0.1, 0.15) is 86.9 Å². The predicted molar refractivity (Wildman–Crippen MR) is 216 cm³/mol. The Bertz CT molecular complexity index is 1980. The second-order valence-electron chi connectivity index (χ2n) is 14.2. The fourth-order valence-corrected chi connectivity index (χ4v) is 6.32. The summed E-state index contributed by atoms with van der Waals surface area (Å²) < 4.78 is 11.6. The number of ketones is 1. The SMILES string of the molecule is CCCCCCCOc1ccc(-c2cnc(-c3ccc(C[C@H](CC(=O)c4ccc(OC(C)C)cc4)C(=O)NC(C(=O)O)C(O)c4ccccc4)cc3)nc2)cc1. The average molecular weight is 758 g/mol. The van der Waals surface area contributed by atoms with Gasteiger partial charge in [0, 0.05) is 41.4 Å². The van der Waals surface area contributed by atoms with Crippen molar-refractivity contribution in [3.8, 4) is 34.0 Å². The van der Waals surface area contributed by atoms with Crippen LogP contribution < -0.4 is 14.8 Å². The molecule has 0 aliphatic rings. The van der Waals surface area contributed by atoms with E-state index in [0.29, 0.717) is 29.3 Å². The molecule has 10 nitrogen and oxygen atoms in total. The average Bonchev–Trinajstić information content (AvgIpc) is 3.21. The Balaban J connectivity index is 1.27. The lowest BCUT2D eigenvalue weighted by Crippen LogP contribution is -2.47. The molecule has 0 spiro atoms. The van der Waals surface area contributed by atoms with Crippen molar-refractivity contribution in [2.75, 3.05) is 6.61 Å². The zero-order valence-electron chi connectivity index (χ0n) is 32.3. The van der Waals surface area contributed by atoms with E-state index in [1.54, 1.807) is 67.0 Å². The molecule has 4 aromatic carbocycles. The molecule has 292 valence electrons. The molecule has 3 atom stereocenters. The predicted octanol–water partition coefficient (Wildman–Crippen LogP) is 8.68. The number of Topliss-reactive ketones (excluding diaryl/α,β-unsaturated/α-hetero) is 1. The highest BCUT2D eigenvalue weighted by Gasteiger charge is 2.33. The molecule has 0 saturated carbocycles. The van der Waals surface area contributed by atoms with Gasteiger partial charge in [0.2, 0.25) is 5.91 Å². The number of carboxylic acid groups (broad SMARTS) is 1. The topological polar surface area (TPSA) is 148 Å². The van der Waals surface area contributed by atoms with Gasteiger partial charge in [0.15, 0.2) is 17.6 Å². The Morgan fingerprint density at radius 2 is 1.36 bits per heavy atom. The maximum absolute atomic E-state index is 13.8. The van der Waals surface area contributed by atoms with Crippen molar-refractivity contribution >= 4 is 17.7 Å². The Kier molecular flexibility index (Phi) is 15.3. The normalized spacial score (nSPS) is 12.7. The summed E-state index contributed by atoms with van der Waals surface area (Å²) in [6.45, 7) is 6.73. The molecule has 3 N–H and O–H groups in total. The lowest BCUT2D eigenvalue weighted by Gasteiger charge is -2.24. The minimum absolute atomic E-state index is 0.0337. The van der Waals surface area contributed by atoms with Crippen LogP contribution in [0, 0.1) is 5.92 Å². The molecule has 1 amide bonds. The highest BCUT2D eigenvalue weighted by molar-refractivity contribution is 5.99. The number of nitrogens with one attached hydrogen (secondary N) is 1. The maximum Gasteiger partial charge on any atom is 0.329 e. The van der Waals surface area contributed by atoms with Gasteiger partial charge < -0.3 is 25.0 Å². The van der Waals surface area contributed by atoms with E-state index in [0.717, 1.165) is 34.4 Å². The van der Waals surface area contributed by atoms with E-state index >= 15 is 0 Å². The summed E-state index contributed by atoms with van der Waals surface area (Å²) in [4.78, 5) is 48.8. The Morgan fingerprint density at radius 1 is 0.732 bits per heavy atom. The standard InChI is InChI=1S/C46H51N3O7/c1-4-5-6-7-11-26-55-39-22-18-33(19-23-39)38-29-47-44(48-30-38)36-16-14-32(15-17-36)27-37(28-41(50)34-20-24-40(25-21-34)56-31(2)3)45(52)49-42(46(53)54)43(51)35-12-9-8-10-13-35/h8-10,12-25,29-31,37,42-43,51H,4-7,11,26-28H2,1-3H3,(H,49,52)(H,53,54)/t37-,42?,43?/m1/s1. The van der Waals surface area contributed by atoms with Crippen molar-refractivity contribution < 1.29 is 34.1 Å². The second kappa shape index (κ2) is 20.7. The van der Waals surface area contributed by atoms with E-state index < -0.39 is 29.9 Å². The van der Waals surface area contributed by atoms with E-state index in [2.05, 4.69) is 22.2 Å². The van der Waals surface area contributed by atoms with Crippen LogP contribution >= 0.6 is 0 Å². The number of rotatable bonds is 21. The van der Waals surface area contributed by atoms with Crippen molar-refractivity contribution in [2.45, 2.75) is 84.0 Å². The Morgan fingerprint density at radius 3 is 1.98 bits per heavy atom. The first-order valence-corrected chi connectivity index (χ1v) is 19.3. The molecule has 0 aliphatic heterocycles. The van der Waals surface area contributed by atoms with Crippen LogP contribution in [-0.2, 0) is 16.0 Å². The van der Waals surface area contributed by atoms with Crippen LogP contribution in [0.15, 0.2) is 116 Å². The molecule has 10 heteroatoms. The molecule has 0 fully saturated rings. The molecule has 5 rings (SSSR count). The van der Waals surface area contributed by atoms with Crippen molar-refractivity contribution in [2.24, 2.45) is 5.92 Å². The number of carbonyl (C=O) groups is 3. The van der Waals surface area contributed by atoms with E-state index in [9.17, 15) is 24.6 Å². The fourth-order valence-electron chi connectivity index (χ4n) is 6.32. The molecule has 5 aromatic rings. The Labute approximate surface area is 329 Å². The van der Waals surface area contributed by atoms with E-state index in [1.165, 1.54) is 25.7 Å². The summed E-state index contributed by atoms with van der Waals surface area (Å²) in [6.07, 6.45) is 7.91. The first-order chi connectivity index (χ1) is 27.1. The number of ether oxygens (including phenoxy) is 2. The number of aliphatic carboxylic acids is 1. The van der Waals surface area contributed by atoms with Crippen LogP contribution in [-0.4, -0.2) is 56.6 Å². The molecule has 0 radical (unpaired) electrons. The summed E-state index contributed by atoms with van der Waals surface area (Å²) in [6, 6.07) is 28.6. The van der Waals surface area contributed by atoms with Gasteiger partial charge >= 0.3 is 5.97 Å². The molecule has 1 aromatic heterocycles. The van der Waals surface area contributed by atoms with Gasteiger partial charge in [-0.3, -0.25) is 9.59 Å². The fraction of sp³-hybridized carbons (Fsp3) is 0.326. The smallest absolute Gasteiger partial charge is 0.329 e. The minimum Gasteiger partial charge on any atom is -0.494 e. The molecule has 1 heterocycles. The number of nitrogens with zero attached hydrogens (tertiary/aromatic N) is 2. The van der Waals surface area contributed by atoms with Crippen LogP contribution in [0.5, 0.6) is 11.5 Å². The lowest BCUT2D eigenvalue weighted by molar-refractivity contribution is -0.146. The first-order valence-electron chi connectivity index (χ1n) is 19.3. The Hall–Kier alpha value is -5.87. The number of hydrogen-bond acceptors (Lipinski definition) is 8. The third-order valence-electron chi connectivity index (χ3n) is 9.42. The van der Waals surface area contributed by atoms with Gasteiger partial charge in [0.05, 0.1) is 12.7 Å². The van der Waals surface area contributed by atoms with Crippen molar-refractivity contribution in [3.05, 3.63) is 132 Å². The number of amides is 1. The number of aliphatic hydroxyl groups excluding tert-OH is 1. The number of hydrogen-bond donors (Lipinski definition) is 3. The highest BCUT2D eigenvalue weighted by Crippen LogP contribution is 2.26. The largest absolute Gasteiger partial charge is 0.494 e. The van der Waals surface area contributed by atoms with E-state index in [1.807, 2.05) is 62.4 Å². The van der Waals surface area contributed by atoms with Gasteiger partial charge in [-0.2, -0.15) is 0 Å². The van der Waals surface area contributed by atoms with Crippen LogP contribution in [0.25, 0.3) is 22.5 Å². The summed E-state index contributed by atoms with van der Waals surface area (Å²) in [5.41, 5.74) is 4.09. The van der Waals surface area contributed by atoms with Crippen LogP contribution in [0.2, 0.25) is 0 Å². The molecule has 56 heavy (non-hydrogen) atoms. The van der Waals surface area contributed by atoms with Gasteiger partial charge in [0.25, 0.3) is 0 Å². The van der Waals surface area contributed by atoms with Gasteiger partial charge in [-0.1, -0.05) is 99.3 Å². The molecule has 0 aliphatic carbocycles. The van der Waals surface area contributed by atoms with Gasteiger partial charge in [-0.15, -0.1) is 0 Å². The second-order valence-corrected chi connectivity index (χ2v) is 14.2. The van der Waals surface area contributed by atoms with Crippen molar-refractivity contribution in [1.82, 2.24) is 15.3 Å². The number of aromatic nitrogens is 2. The van der Waals surface area contributed by atoms with Crippen LogP contribution in [0.4, 0.5) is 0 Å². The number of aliphatic hydroxyl groups is 1. The van der Waals surface area contributed by atoms with Gasteiger partial charge in [0.1, 0.15) is 17.6 Å². The monoisotopic (exact) mass is 757 g/mol. The summed E-state index contributed by atoms with van der Waals surface area (Å²) in [7, 11) is 0. The van der Waals surface area contributed by atoms with Crippen molar-refractivity contribution in [1.29, 1.82) is 0 Å². The van der Waals surface area contributed by atoms with Gasteiger partial charge in [-0.25, -0.2) is 14.8 Å². The lowest BCUT2D eigenvalue weighted by atomic mass is 9.90. The molecule has 0 bridgehead atoms. The number of carbonyl (C=O) groups excluding carboxylic acids is 2. The highest BCUT2D eigenvalue weighted by atomic mass is 16.5. The molecule has 0 saturated heterocycles. The zero-order chi connectivity index (χ0) is 39.9. The summed E-state index contributed by atoms with van der Waals surface area (Å²) in [5, 5.41) is 23.4. The number of unbranched alkanes of at least 4 members (excludes halogenated alkanes) is 4. The third-order valence-corrected chi connectivity index (χ3v) is 9.42.